The molecule has 13 heteroatoms. The Labute approximate surface area is 172 Å². The molecule has 1 N–H and O–H groups in total. The highest BCUT2D eigenvalue weighted by molar-refractivity contribution is 7.91. The fourth-order valence-corrected chi connectivity index (χ4v) is 4.24. The van der Waals surface area contributed by atoms with Crippen LogP contribution < -0.4 is 5.56 Å². The van der Waals surface area contributed by atoms with Gasteiger partial charge in [0.25, 0.3) is 5.56 Å². The normalized spacial score (nSPS) is 12.2. The number of aromatic amines is 1. The van der Waals surface area contributed by atoms with Gasteiger partial charge in [-0.2, -0.15) is 24.1 Å². The Balaban J connectivity index is 1.73. The fourth-order valence-electron chi connectivity index (χ4n) is 2.86. The summed E-state index contributed by atoms with van der Waals surface area (Å²) >= 11 is 6.12. The van der Waals surface area contributed by atoms with E-state index in [1.54, 1.807) is 6.92 Å². The summed E-state index contributed by atoms with van der Waals surface area (Å²) in [6, 6.07) is 3.83. The van der Waals surface area contributed by atoms with E-state index >= 15 is 0 Å². The van der Waals surface area contributed by atoms with Crippen molar-refractivity contribution in [3.05, 3.63) is 63.6 Å². The van der Waals surface area contributed by atoms with Gasteiger partial charge in [0.2, 0.25) is 9.84 Å². The van der Waals surface area contributed by atoms with Crippen molar-refractivity contribution in [3.8, 4) is 0 Å². The third-order valence-electron chi connectivity index (χ3n) is 4.46. The van der Waals surface area contributed by atoms with Gasteiger partial charge < -0.3 is 0 Å². The maximum Gasteiger partial charge on any atom is 0.333 e. The number of aromatic nitrogens is 6. The second-order valence-corrected chi connectivity index (χ2v) is 8.73. The minimum absolute atomic E-state index is 0.0325. The van der Waals surface area contributed by atoms with Gasteiger partial charge >= 0.3 is 6.55 Å². The predicted octanol–water partition coefficient (Wildman–Crippen LogP) is 2.55. The number of aryl methyl sites for hydroxylation is 1. The molecule has 0 amide bonds. The van der Waals surface area contributed by atoms with Crippen molar-refractivity contribution in [2.45, 2.75) is 29.8 Å². The first-order valence-electron chi connectivity index (χ1n) is 8.45. The number of halogens is 3. The summed E-state index contributed by atoms with van der Waals surface area (Å²) < 4.78 is 52.2. The zero-order chi connectivity index (χ0) is 21.6. The standard InChI is InChI=1S/C17H13ClF2N6O3S/c1-9-15(18)14(24-23-9)8-25-16(27)13-3-2-11(4-10(13)5-21-25)30(28,29)12-6-22-26(7-12)17(19)20/h2-7,17H,8H2,1H3,(H,23,24). The zero-order valence-corrected chi connectivity index (χ0v) is 16.8. The Morgan fingerprint density at radius 2 is 1.97 bits per heavy atom. The topological polar surface area (TPSA) is 116 Å². The van der Waals surface area contributed by atoms with Gasteiger partial charge in [0.05, 0.1) is 39.9 Å². The number of nitrogens with one attached hydrogen (secondary N) is 1. The van der Waals surface area contributed by atoms with Crippen LogP contribution in [-0.2, 0) is 16.4 Å². The number of hydrogen-bond donors (Lipinski definition) is 1. The minimum Gasteiger partial charge on any atom is -0.281 e. The first-order chi connectivity index (χ1) is 14.2. The molecule has 0 atom stereocenters. The molecule has 4 rings (SSSR count). The molecule has 30 heavy (non-hydrogen) atoms. The summed E-state index contributed by atoms with van der Waals surface area (Å²) in [5.41, 5.74) is 0.641. The molecule has 1 aromatic carbocycles. The molecule has 0 unspecified atom stereocenters. The van der Waals surface area contributed by atoms with Crippen molar-refractivity contribution in [2.75, 3.05) is 0 Å². The first kappa shape index (κ1) is 20.2. The first-order valence-corrected chi connectivity index (χ1v) is 10.3. The zero-order valence-electron chi connectivity index (χ0n) is 15.3. The van der Waals surface area contributed by atoms with E-state index < -0.39 is 21.9 Å². The van der Waals surface area contributed by atoms with Gasteiger partial charge in [0.15, 0.2) is 0 Å². The third kappa shape index (κ3) is 3.37. The molecule has 0 aliphatic rings. The SMILES string of the molecule is Cc1[nH]nc(Cn2ncc3cc(S(=O)(=O)c4cnn(C(F)F)c4)ccc3c2=O)c1Cl. The van der Waals surface area contributed by atoms with E-state index in [-0.39, 0.29) is 31.8 Å². The molecule has 3 heterocycles. The fraction of sp³-hybridized carbons (Fsp3) is 0.176. The van der Waals surface area contributed by atoms with Crippen molar-refractivity contribution < 1.29 is 17.2 Å². The number of sulfone groups is 1. The van der Waals surface area contributed by atoms with Gasteiger partial charge in [-0.1, -0.05) is 11.6 Å². The van der Waals surface area contributed by atoms with Crippen molar-refractivity contribution >= 4 is 32.2 Å². The van der Waals surface area contributed by atoms with Crippen molar-refractivity contribution in [1.82, 2.24) is 29.8 Å². The van der Waals surface area contributed by atoms with Crippen LogP contribution >= 0.6 is 11.6 Å². The highest BCUT2D eigenvalue weighted by atomic mass is 35.5. The summed E-state index contributed by atoms with van der Waals surface area (Å²) in [5, 5.41) is 15.1. The van der Waals surface area contributed by atoms with Gasteiger partial charge in [-0.15, -0.1) is 0 Å². The van der Waals surface area contributed by atoms with E-state index in [2.05, 4.69) is 20.4 Å². The lowest BCUT2D eigenvalue weighted by Crippen LogP contribution is -2.23. The monoisotopic (exact) mass is 454 g/mol. The lowest BCUT2D eigenvalue weighted by Gasteiger charge is -2.07. The van der Waals surface area contributed by atoms with Crippen LogP contribution in [0.2, 0.25) is 5.02 Å². The average Bonchev–Trinajstić information content (AvgIpc) is 3.33. The Morgan fingerprint density at radius 3 is 2.60 bits per heavy atom. The maximum atomic E-state index is 12.7. The Hall–Kier alpha value is -3.12. The highest BCUT2D eigenvalue weighted by Crippen LogP contribution is 2.24. The Bertz CT molecular complexity index is 1430. The van der Waals surface area contributed by atoms with E-state index in [0.717, 1.165) is 17.1 Å². The smallest absolute Gasteiger partial charge is 0.281 e. The van der Waals surface area contributed by atoms with Crippen molar-refractivity contribution in [3.63, 3.8) is 0 Å². The highest BCUT2D eigenvalue weighted by Gasteiger charge is 2.22. The number of H-pyrrole nitrogens is 1. The van der Waals surface area contributed by atoms with Gasteiger partial charge in [0, 0.05) is 11.6 Å². The lowest BCUT2D eigenvalue weighted by molar-refractivity contribution is 0.0564. The van der Waals surface area contributed by atoms with Gasteiger partial charge in [-0.25, -0.2) is 17.8 Å². The second-order valence-electron chi connectivity index (χ2n) is 6.40. The van der Waals surface area contributed by atoms with Crippen molar-refractivity contribution in [1.29, 1.82) is 0 Å². The molecule has 0 spiro atoms. The number of rotatable bonds is 5. The summed E-state index contributed by atoms with van der Waals surface area (Å²) in [5.74, 6) is 0. The number of benzene rings is 1. The number of alkyl halides is 2. The average molecular weight is 455 g/mol. The summed E-state index contributed by atoms with van der Waals surface area (Å²) in [6.07, 6.45) is 2.93. The summed E-state index contributed by atoms with van der Waals surface area (Å²) in [4.78, 5) is 12.2. The molecule has 0 bridgehead atoms. The van der Waals surface area contributed by atoms with Crippen LogP contribution in [0.4, 0.5) is 8.78 Å². The van der Waals surface area contributed by atoms with E-state index in [4.69, 9.17) is 11.6 Å². The molecule has 0 aliphatic heterocycles. The molecule has 0 radical (unpaired) electrons. The van der Waals surface area contributed by atoms with E-state index in [9.17, 15) is 22.0 Å². The van der Waals surface area contributed by atoms with Crippen LogP contribution in [0, 0.1) is 6.92 Å². The molecule has 3 aromatic heterocycles. The van der Waals surface area contributed by atoms with Crippen LogP contribution in [0.5, 0.6) is 0 Å². The molecular weight excluding hydrogens is 442 g/mol. The number of hydrogen-bond acceptors (Lipinski definition) is 6. The van der Waals surface area contributed by atoms with Gasteiger partial charge in [-0.05, 0) is 25.1 Å². The molecule has 4 aromatic rings. The van der Waals surface area contributed by atoms with Crippen LogP contribution in [0.25, 0.3) is 10.8 Å². The summed E-state index contributed by atoms with van der Waals surface area (Å²) in [6.45, 7) is -1.19. The van der Waals surface area contributed by atoms with Gasteiger partial charge in [0.1, 0.15) is 10.6 Å². The van der Waals surface area contributed by atoms with Crippen LogP contribution in [-0.4, -0.2) is 38.2 Å². The predicted molar refractivity (Wildman–Crippen MR) is 102 cm³/mol. The molecular formula is C17H13ClF2N6O3S. The lowest BCUT2D eigenvalue weighted by atomic mass is 10.2. The van der Waals surface area contributed by atoms with Crippen LogP contribution in [0.1, 0.15) is 17.9 Å². The van der Waals surface area contributed by atoms with Gasteiger partial charge in [-0.3, -0.25) is 9.89 Å². The molecule has 0 saturated heterocycles. The third-order valence-corrected chi connectivity index (χ3v) is 6.67. The molecule has 0 fully saturated rings. The molecule has 0 saturated carbocycles. The molecule has 9 nitrogen and oxygen atoms in total. The number of fused-ring (bicyclic) bond motifs is 1. The van der Waals surface area contributed by atoms with E-state index in [1.807, 2.05) is 0 Å². The maximum absolute atomic E-state index is 12.7. The Morgan fingerprint density at radius 1 is 1.20 bits per heavy atom. The summed E-state index contributed by atoms with van der Waals surface area (Å²) in [7, 11) is -4.10. The number of nitrogens with zero attached hydrogens (tertiary/aromatic N) is 5. The largest absolute Gasteiger partial charge is 0.333 e. The minimum atomic E-state index is -4.10. The van der Waals surface area contributed by atoms with E-state index in [0.29, 0.717) is 16.4 Å². The van der Waals surface area contributed by atoms with Crippen LogP contribution in [0.15, 0.2) is 51.4 Å². The quantitative estimate of drug-likeness (QED) is 0.495. The van der Waals surface area contributed by atoms with E-state index in [1.165, 1.54) is 24.4 Å². The molecule has 0 aliphatic carbocycles. The van der Waals surface area contributed by atoms with Crippen LogP contribution in [0.3, 0.4) is 0 Å². The molecule has 156 valence electrons. The Kier molecular flexibility index (Phi) is 4.90. The second kappa shape index (κ2) is 7.29. The van der Waals surface area contributed by atoms with Crippen molar-refractivity contribution in [2.24, 2.45) is 0 Å².